The minimum atomic E-state index is -4.07. The molecule has 1 aromatic heterocycles. The summed E-state index contributed by atoms with van der Waals surface area (Å²) in [6, 6.07) is 17.5. The number of fused-ring (bicyclic) bond motifs is 1. The van der Waals surface area contributed by atoms with E-state index in [1.807, 2.05) is 31.2 Å². The van der Waals surface area contributed by atoms with Crippen molar-refractivity contribution in [1.29, 1.82) is 0 Å². The second kappa shape index (κ2) is 9.92. The highest BCUT2D eigenvalue weighted by atomic mass is 32.2. The number of nitrogens with zero attached hydrogens (tertiary/aromatic N) is 3. The first-order valence-corrected chi connectivity index (χ1v) is 15.1. The standard InChI is InChI=1S/C29H26N4O5S2/c1-17-3-14-24-26(15-17)39-28(31-24)19-4-8-21(9-5-19)32-27(35)16-25(29(32)36)33(22-10-11-22)40(37,38)23-12-6-20(7-13-23)30-18(2)34/h3-9,12-15,22,25H,10-11,16H2,1-2H3,(H,30,34). The molecule has 40 heavy (non-hydrogen) atoms. The number of nitrogens with one attached hydrogen (secondary N) is 1. The fraction of sp³-hybridized carbons (Fsp3) is 0.241. The molecule has 1 saturated heterocycles. The van der Waals surface area contributed by atoms with Gasteiger partial charge in [0.1, 0.15) is 11.0 Å². The summed E-state index contributed by atoms with van der Waals surface area (Å²) in [7, 11) is -4.07. The molecule has 11 heteroatoms. The molecule has 9 nitrogen and oxygen atoms in total. The zero-order valence-electron chi connectivity index (χ0n) is 21.8. The Morgan fingerprint density at radius 3 is 2.38 bits per heavy atom. The molecule has 0 bridgehead atoms. The molecular formula is C29H26N4O5S2. The molecular weight excluding hydrogens is 548 g/mol. The van der Waals surface area contributed by atoms with Crippen LogP contribution in [0.4, 0.5) is 11.4 Å². The smallest absolute Gasteiger partial charge is 0.252 e. The summed E-state index contributed by atoms with van der Waals surface area (Å²) in [5.74, 6) is -1.27. The Hall–Kier alpha value is -3.93. The van der Waals surface area contributed by atoms with E-state index in [1.54, 1.807) is 23.5 Å². The number of amides is 3. The number of sulfonamides is 1. The van der Waals surface area contributed by atoms with Gasteiger partial charge in [-0.3, -0.25) is 14.4 Å². The summed E-state index contributed by atoms with van der Waals surface area (Å²) in [6.45, 7) is 3.40. The lowest BCUT2D eigenvalue weighted by atomic mass is 10.2. The SMILES string of the molecule is CC(=O)Nc1ccc(S(=O)(=O)N(C2CC2)C2CC(=O)N(c3ccc(-c4nc5ccc(C)cc5s4)cc3)C2=O)cc1. The van der Waals surface area contributed by atoms with Crippen LogP contribution in [0.2, 0.25) is 0 Å². The summed E-state index contributed by atoms with van der Waals surface area (Å²) < 4.78 is 29.6. The first-order chi connectivity index (χ1) is 19.1. The quantitative estimate of drug-likeness (QED) is 0.320. The van der Waals surface area contributed by atoms with E-state index in [0.29, 0.717) is 24.2 Å². The Labute approximate surface area is 235 Å². The van der Waals surface area contributed by atoms with Crippen LogP contribution in [0.1, 0.15) is 31.7 Å². The number of benzene rings is 3. The van der Waals surface area contributed by atoms with Gasteiger partial charge in [0, 0.05) is 24.2 Å². The van der Waals surface area contributed by atoms with Gasteiger partial charge in [0.2, 0.25) is 21.8 Å². The van der Waals surface area contributed by atoms with E-state index in [4.69, 9.17) is 4.98 Å². The molecule has 0 spiro atoms. The largest absolute Gasteiger partial charge is 0.326 e. The lowest BCUT2D eigenvalue weighted by Crippen LogP contribution is -2.46. The zero-order chi connectivity index (χ0) is 28.2. The number of carbonyl (C=O) groups is 3. The van der Waals surface area contributed by atoms with Crippen molar-refractivity contribution in [2.75, 3.05) is 10.2 Å². The van der Waals surface area contributed by atoms with E-state index in [9.17, 15) is 22.8 Å². The predicted octanol–water partition coefficient (Wildman–Crippen LogP) is 4.72. The molecule has 1 aliphatic carbocycles. The van der Waals surface area contributed by atoms with Crippen LogP contribution in [-0.2, 0) is 24.4 Å². The number of hydrogen-bond donors (Lipinski definition) is 1. The first-order valence-electron chi connectivity index (χ1n) is 12.9. The maximum atomic E-state index is 13.7. The Bertz CT molecular complexity index is 1760. The van der Waals surface area contributed by atoms with Crippen molar-refractivity contribution in [3.8, 4) is 10.6 Å². The Morgan fingerprint density at radius 2 is 1.73 bits per heavy atom. The maximum absolute atomic E-state index is 13.7. The third-order valence-corrected chi connectivity index (χ3v) is 10.0. The third kappa shape index (κ3) is 4.80. The molecule has 2 heterocycles. The van der Waals surface area contributed by atoms with Gasteiger partial charge in [-0.1, -0.05) is 6.07 Å². The number of carbonyl (C=O) groups excluding carboxylic acids is 3. The lowest BCUT2D eigenvalue weighted by molar-refractivity contribution is -0.122. The van der Waals surface area contributed by atoms with Crippen molar-refractivity contribution in [3.63, 3.8) is 0 Å². The van der Waals surface area contributed by atoms with E-state index < -0.39 is 27.9 Å². The number of aryl methyl sites for hydroxylation is 1. The molecule has 204 valence electrons. The highest BCUT2D eigenvalue weighted by molar-refractivity contribution is 7.89. The van der Waals surface area contributed by atoms with Crippen molar-refractivity contribution < 1.29 is 22.8 Å². The van der Waals surface area contributed by atoms with Crippen LogP contribution in [0.5, 0.6) is 0 Å². The number of hydrogen-bond acceptors (Lipinski definition) is 7. The van der Waals surface area contributed by atoms with Crippen LogP contribution in [0.3, 0.4) is 0 Å². The van der Waals surface area contributed by atoms with Gasteiger partial charge in [0.25, 0.3) is 5.91 Å². The van der Waals surface area contributed by atoms with Crippen LogP contribution in [-0.4, -0.2) is 47.5 Å². The van der Waals surface area contributed by atoms with Crippen molar-refractivity contribution in [2.45, 2.75) is 50.1 Å². The molecule has 1 saturated carbocycles. The van der Waals surface area contributed by atoms with Gasteiger partial charge in [-0.2, -0.15) is 4.31 Å². The molecule has 2 aliphatic rings. The van der Waals surface area contributed by atoms with Gasteiger partial charge in [0.05, 0.1) is 27.2 Å². The molecule has 0 radical (unpaired) electrons. The molecule has 2 fully saturated rings. The van der Waals surface area contributed by atoms with Crippen molar-refractivity contribution in [1.82, 2.24) is 9.29 Å². The minimum absolute atomic E-state index is 0.00239. The lowest BCUT2D eigenvalue weighted by Gasteiger charge is -2.27. The molecule has 1 unspecified atom stereocenters. The van der Waals surface area contributed by atoms with E-state index in [0.717, 1.165) is 31.3 Å². The number of aromatic nitrogens is 1. The van der Waals surface area contributed by atoms with Crippen LogP contribution in [0, 0.1) is 6.92 Å². The van der Waals surface area contributed by atoms with Crippen molar-refractivity contribution in [3.05, 3.63) is 72.3 Å². The molecule has 6 rings (SSSR count). The first kappa shape index (κ1) is 26.3. The van der Waals surface area contributed by atoms with Crippen LogP contribution < -0.4 is 10.2 Å². The summed E-state index contributed by atoms with van der Waals surface area (Å²) in [6.07, 6.45) is 1.02. The monoisotopic (exact) mass is 574 g/mol. The van der Waals surface area contributed by atoms with E-state index in [1.165, 1.54) is 35.5 Å². The van der Waals surface area contributed by atoms with E-state index >= 15 is 0 Å². The minimum Gasteiger partial charge on any atom is -0.326 e. The fourth-order valence-corrected chi connectivity index (χ4v) is 7.87. The van der Waals surface area contributed by atoms with Gasteiger partial charge in [-0.05, 0) is 86.0 Å². The molecule has 3 amide bonds. The van der Waals surface area contributed by atoms with Gasteiger partial charge in [-0.15, -0.1) is 11.3 Å². The second-order valence-corrected chi connectivity index (χ2v) is 13.0. The zero-order valence-corrected chi connectivity index (χ0v) is 23.5. The topological polar surface area (TPSA) is 117 Å². The van der Waals surface area contributed by atoms with E-state index in [-0.39, 0.29) is 23.3 Å². The van der Waals surface area contributed by atoms with Gasteiger partial charge >= 0.3 is 0 Å². The summed E-state index contributed by atoms with van der Waals surface area (Å²) >= 11 is 1.57. The average Bonchev–Trinajstić information content (AvgIpc) is 3.58. The Balaban J connectivity index is 1.25. The predicted molar refractivity (Wildman–Crippen MR) is 153 cm³/mol. The fourth-order valence-electron chi connectivity index (χ4n) is 4.98. The van der Waals surface area contributed by atoms with Crippen LogP contribution in [0.15, 0.2) is 71.6 Å². The molecule has 1 aliphatic heterocycles. The maximum Gasteiger partial charge on any atom is 0.252 e. The van der Waals surface area contributed by atoms with Crippen molar-refractivity contribution >= 4 is 60.7 Å². The molecule has 3 aromatic carbocycles. The molecule has 4 aromatic rings. The normalized spacial score (nSPS) is 17.7. The molecule has 1 atom stereocenters. The van der Waals surface area contributed by atoms with Gasteiger partial charge in [-0.25, -0.2) is 18.3 Å². The number of thiazole rings is 1. The number of rotatable bonds is 7. The Kier molecular flexibility index (Phi) is 6.52. The highest BCUT2D eigenvalue weighted by Crippen LogP contribution is 2.39. The number of anilines is 2. The van der Waals surface area contributed by atoms with E-state index in [2.05, 4.69) is 11.4 Å². The summed E-state index contributed by atoms with van der Waals surface area (Å²) in [5.41, 5.74) is 3.79. The summed E-state index contributed by atoms with van der Waals surface area (Å²) in [4.78, 5) is 43.8. The second-order valence-electron chi connectivity index (χ2n) is 10.1. The van der Waals surface area contributed by atoms with Gasteiger partial charge in [0.15, 0.2) is 0 Å². The summed E-state index contributed by atoms with van der Waals surface area (Å²) in [5, 5.41) is 3.44. The van der Waals surface area contributed by atoms with Crippen molar-refractivity contribution in [2.24, 2.45) is 0 Å². The number of imide groups is 1. The molecule has 1 N–H and O–H groups in total. The highest BCUT2D eigenvalue weighted by Gasteiger charge is 2.51. The van der Waals surface area contributed by atoms with Crippen LogP contribution >= 0.6 is 11.3 Å². The third-order valence-electron chi connectivity index (χ3n) is 7.00. The average molecular weight is 575 g/mol. The Morgan fingerprint density at radius 1 is 1.02 bits per heavy atom. The van der Waals surface area contributed by atoms with Gasteiger partial charge < -0.3 is 5.32 Å². The van der Waals surface area contributed by atoms with Crippen LogP contribution in [0.25, 0.3) is 20.8 Å².